The Labute approximate surface area is 184 Å². The fraction of sp³-hybridized carbons (Fsp3) is 0.400. The zero-order valence-electron chi connectivity index (χ0n) is 18.5. The van der Waals surface area contributed by atoms with E-state index >= 15 is 0 Å². The first-order valence-electron chi connectivity index (χ1n) is 10.5. The van der Waals surface area contributed by atoms with Crippen molar-refractivity contribution >= 4 is 12.0 Å². The van der Waals surface area contributed by atoms with Crippen LogP contribution in [0.5, 0.6) is 11.5 Å². The molecule has 6 nitrogen and oxygen atoms in total. The van der Waals surface area contributed by atoms with Crippen LogP contribution in [-0.2, 0) is 22.4 Å². The fourth-order valence-corrected chi connectivity index (χ4v) is 4.17. The molecule has 0 spiro atoms. The van der Waals surface area contributed by atoms with Crippen LogP contribution < -0.4 is 9.47 Å². The van der Waals surface area contributed by atoms with E-state index in [-0.39, 0.29) is 18.6 Å². The lowest BCUT2D eigenvalue weighted by Gasteiger charge is -2.29. The summed E-state index contributed by atoms with van der Waals surface area (Å²) in [4.78, 5) is 13.7. The molecule has 0 fully saturated rings. The molecule has 0 bridgehead atoms. The molecule has 0 heterocycles. The monoisotopic (exact) mass is 425 g/mol. The van der Waals surface area contributed by atoms with Crippen LogP contribution in [0.15, 0.2) is 42.5 Å². The number of carbonyl (C=O) groups excluding carboxylic acids is 1. The van der Waals surface area contributed by atoms with Gasteiger partial charge in [-0.15, -0.1) is 0 Å². The molecule has 31 heavy (non-hydrogen) atoms. The second-order valence-electron chi connectivity index (χ2n) is 7.60. The number of benzene rings is 2. The second kappa shape index (κ2) is 11.0. The van der Waals surface area contributed by atoms with E-state index in [0.29, 0.717) is 6.54 Å². The van der Waals surface area contributed by atoms with Crippen LogP contribution in [0.3, 0.4) is 0 Å². The van der Waals surface area contributed by atoms with Crippen molar-refractivity contribution in [3.8, 4) is 11.5 Å². The highest BCUT2D eigenvalue weighted by atomic mass is 16.5. The van der Waals surface area contributed by atoms with E-state index in [9.17, 15) is 9.90 Å². The molecule has 6 heteroatoms. The third-order valence-electron chi connectivity index (χ3n) is 5.75. The van der Waals surface area contributed by atoms with Crippen LogP contribution in [0.1, 0.15) is 34.7 Å². The quantitative estimate of drug-likeness (QED) is 0.465. The van der Waals surface area contributed by atoms with Gasteiger partial charge in [0.25, 0.3) is 0 Å². The van der Waals surface area contributed by atoms with Crippen LogP contribution in [0.4, 0.5) is 0 Å². The molecule has 0 amide bonds. The molecule has 0 aromatic heterocycles. The van der Waals surface area contributed by atoms with E-state index in [1.54, 1.807) is 20.3 Å². The van der Waals surface area contributed by atoms with E-state index < -0.39 is 0 Å². The molecule has 0 saturated heterocycles. The van der Waals surface area contributed by atoms with Gasteiger partial charge in [0.15, 0.2) is 0 Å². The third-order valence-corrected chi connectivity index (χ3v) is 5.75. The Balaban J connectivity index is 1.73. The van der Waals surface area contributed by atoms with Gasteiger partial charge in [0.05, 0.1) is 27.9 Å². The normalized spacial score (nSPS) is 15.3. The number of fused-ring (bicyclic) bond motifs is 1. The number of aryl methyl sites for hydroxylation is 1. The predicted octanol–water partition coefficient (Wildman–Crippen LogP) is 3.41. The molecular formula is C25H31NO5. The van der Waals surface area contributed by atoms with Gasteiger partial charge in [-0.2, -0.15) is 0 Å². The summed E-state index contributed by atoms with van der Waals surface area (Å²) < 4.78 is 15.4. The topological polar surface area (TPSA) is 68.2 Å². The summed E-state index contributed by atoms with van der Waals surface area (Å²) in [6.45, 7) is 1.56. The fourth-order valence-electron chi connectivity index (χ4n) is 4.17. The first kappa shape index (κ1) is 22.8. The standard InChI is InChI=1S/C25H31NO5/c1-29-21-15-19(16-22(17-21)30-2)10-11-26(12-13-27)24-8-6-20-14-18(4-7-23(20)24)5-9-25(28)31-3/h4-5,7,9,14-17,24,27H,6,8,10-13H2,1-3H3/b9-5+. The molecule has 1 unspecified atom stereocenters. The summed E-state index contributed by atoms with van der Waals surface area (Å²) in [7, 11) is 4.68. The van der Waals surface area contributed by atoms with Crippen molar-refractivity contribution in [3.63, 3.8) is 0 Å². The number of ether oxygens (including phenoxy) is 3. The van der Waals surface area contributed by atoms with E-state index in [0.717, 1.165) is 48.4 Å². The molecule has 0 saturated carbocycles. The minimum atomic E-state index is -0.360. The Morgan fingerprint density at radius 2 is 1.84 bits per heavy atom. The summed E-state index contributed by atoms with van der Waals surface area (Å²) in [6.07, 6.45) is 6.05. The van der Waals surface area contributed by atoms with E-state index in [2.05, 4.69) is 21.8 Å². The van der Waals surface area contributed by atoms with Crippen molar-refractivity contribution in [2.45, 2.75) is 25.3 Å². The zero-order chi connectivity index (χ0) is 22.2. The highest BCUT2D eigenvalue weighted by molar-refractivity contribution is 5.86. The molecule has 2 aromatic rings. The average Bonchev–Trinajstić information content (AvgIpc) is 3.22. The average molecular weight is 426 g/mol. The number of methoxy groups -OCH3 is 3. The lowest BCUT2D eigenvalue weighted by atomic mass is 10.0. The summed E-state index contributed by atoms with van der Waals surface area (Å²) >= 11 is 0. The maximum atomic E-state index is 11.3. The zero-order valence-corrected chi connectivity index (χ0v) is 18.5. The molecular weight excluding hydrogens is 394 g/mol. The second-order valence-corrected chi connectivity index (χ2v) is 7.60. The van der Waals surface area contributed by atoms with Crippen LogP contribution in [0.25, 0.3) is 6.08 Å². The Bertz CT molecular complexity index is 902. The maximum Gasteiger partial charge on any atom is 0.330 e. The van der Waals surface area contributed by atoms with Crippen molar-refractivity contribution in [1.82, 2.24) is 4.90 Å². The number of esters is 1. The molecule has 1 N–H and O–H groups in total. The minimum Gasteiger partial charge on any atom is -0.497 e. The largest absolute Gasteiger partial charge is 0.497 e. The summed E-state index contributed by atoms with van der Waals surface area (Å²) in [5, 5.41) is 9.66. The lowest BCUT2D eigenvalue weighted by Crippen LogP contribution is -2.32. The number of aliphatic hydroxyl groups is 1. The molecule has 2 aromatic carbocycles. The van der Waals surface area contributed by atoms with Crippen molar-refractivity contribution in [1.29, 1.82) is 0 Å². The molecule has 166 valence electrons. The van der Waals surface area contributed by atoms with Gasteiger partial charge in [-0.3, -0.25) is 4.90 Å². The SMILES string of the molecule is COC(=O)/C=C/c1ccc2c(c1)CCC2N(CCO)CCc1cc(OC)cc(OC)c1. The lowest BCUT2D eigenvalue weighted by molar-refractivity contribution is -0.134. The van der Waals surface area contributed by atoms with Crippen LogP contribution in [0, 0.1) is 0 Å². The van der Waals surface area contributed by atoms with Crippen LogP contribution >= 0.6 is 0 Å². The maximum absolute atomic E-state index is 11.3. The van der Waals surface area contributed by atoms with Gasteiger partial charge in [0, 0.05) is 31.3 Å². The predicted molar refractivity (Wildman–Crippen MR) is 120 cm³/mol. The van der Waals surface area contributed by atoms with Gasteiger partial charge in [-0.1, -0.05) is 18.2 Å². The number of aliphatic hydroxyl groups excluding tert-OH is 1. The number of nitrogens with zero attached hydrogens (tertiary/aromatic N) is 1. The highest BCUT2D eigenvalue weighted by Gasteiger charge is 2.27. The Kier molecular flexibility index (Phi) is 8.09. The molecule has 1 aliphatic carbocycles. The number of carbonyl (C=O) groups is 1. The molecule has 1 aliphatic rings. The number of rotatable bonds is 10. The van der Waals surface area contributed by atoms with Crippen LogP contribution in [-0.4, -0.2) is 57.0 Å². The van der Waals surface area contributed by atoms with Gasteiger partial charge in [-0.25, -0.2) is 4.79 Å². The smallest absolute Gasteiger partial charge is 0.330 e. The van der Waals surface area contributed by atoms with Gasteiger partial charge < -0.3 is 19.3 Å². The summed E-state index contributed by atoms with van der Waals surface area (Å²) in [5.41, 5.74) is 4.72. The Morgan fingerprint density at radius 3 is 2.48 bits per heavy atom. The van der Waals surface area contributed by atoms with E-state index in [1.807, 2.05) is 24.3 Å². The Morgan fingerprint density at radius 1 is 1.10 bits per heavy atom. The van der Waals surface area contributed by atoms with Crippen molar-refractivity contribution in [2.75, 3.05) is 41.0 Å². The van der Waals surface area contributed by atoms with Gasteiger partial charge in [0.1, 0.15) is 11.5 Å². The van der Waals surface area contributed by atoms with E-state index in [4.69, 9.17) is 9.47 Å². The number of hydrogen-bond donors (Lipinski definition) is 1. The number of hydrogen-bond acceptors (Lipinski definition) is 6. The first-order chi connectivity index (χ1) is 15.1. The molecule has 0 aliphatic heterocycles. The minimum absolute atomic E-state index is 0.118. The summed E-state index contributed by atoms with van der Waals surface area (Å²) in [5.74, 6) is 1.20. The Hall–Kier alpha value is -2.83. The van der Waals surface area contributed by atoms with E-state index in [1.165, 1.54) is 24.3 Å². The van der Waals surface area contributed by atoms with Gasteiger partial charge >= 0.3 is 5.97 Å². The highest BCUT2D eigenvalue weighted by Crippen LogP contribution is 2.36. The third kappa shape index (κ3) is 5.87. The first-order valence-corrected chi connectivity index (χ1v) is 10.5. The van der Waals surface area contributed by atoms with Crippen molar-refractivity contribution in [2.24, 2.45) is 0 Å². The summed E-state index contributed by atoms with van der Waals surface area (Å²) in [6, 6.07) is 12.5. The molecule has 1 atom stereocenters. The van der Waals surface area contributed by atoms with Crippen LogP contribution in [0.2, 0.25) is 0 Å². The molecule has 3 rings (SSSR count). The van der Waals surface area contributed by atoms with Gasteiger partial charge in [0.2, 0.25) is 0 Å². The van der Waals surface area contributed by atoms with Gasteiger partial charge in [-0.05, 0) is 59.7 Å². The van der Waals surface area contributed by atoms with Crippen molar-refractivity contribution < 1.29 is 24.1 Å². The molecule has 0 radical (unpaired) electrons. The van der Waals surface area contributed by atoms with Crippen molar-refractivity contribution in [3.05, 3.63) is 64.7 Å².